The molecule has 0 aliphatic carbocycles. The number of carbonyl (C=O) groups excluding carboxylic acids is 1. The van der Waals surface area contributed by atoms with Crippen LogP contribution in [-0.4, -0.2) is 24.1 Å². The summed E-state index contributed by atoms with van der Waals surface area (Å²) >= 11 is 0. The fourth-order valence-corrected chi connectivity index (χ4v) is 0.975. The number of ketones is 1. The van der Waals surface area contributed by atoms with Crippen molar-refractivity contribution in [2.24, 2.45) is 0 Å². The maximum absolute atomic E-state index is 11.1. The van der Waals surface area contributed by atoms with Gasteiger partial charge in [-0.15, -0.1) is 0 Å². The average molecular weight is 156 g/mol. The van der Waals surface area contributed by atoms with Gasteiger partial charge in [0.15, 0.2) is 11.5 Å². The third-order valence-electron chi connectivity index (χ3n) is 1.54. The fourth-order valence-electron chi connectivity index (χ4n) is 0.975. The lowest BCUT2D eigenvalue weighted by Gasteiger charge is -2.00. The van der Waals surface area contributed by atoms with E-state index in [9.17, 15) is 4.79 Å². The highest BCUT2D eigenvalue weighted by atomic mass is 16.5. The van der Waals surface area contributed by atoms with Gasteiger partial charge in [-0.1, -0.05) is 0 Å². The van der Waals surface area contributed by atoms with Gasteiger partial charge in [-0.3, -0.25) is 4.79 Å². The third-order valence-corrected chi connectivity index (χ3v) is 1.54. The van der Waals surface area contributed by atoms with E-state index in [-0.39, 0.29) is 12.4 Å². The fraction of sp³-hybridized carbons (Fsp3) is 0.625. The van der Waals surface area contributed by atoms with Crippen LogP contribution in [0.25, 0.3) is 0 Å². The number of ether oxygens (including phenoxy) is 1. The van der Waals surface area contributed by atoms with Crippen molar-refractivity contribution in [2.45, 2.75) is 19.3 Å². The Balaban J connectivity index is 2.29. The summed E-state index contributed by atoms with van der Waals surface area (Å²) in [4.78, 5) is 11.1. The second-order valence-electron chi connectivity index (χ2n) is 2.46. The summed E-state index contributed by atoms with van der Waals surface area (Å²) in [5, 5.41) is 8.45. The lowest BCUT2D eigenvalue weighted by molar-refractivity contribution is -0.118. The minimum absolute atomic E-state index is 0.0107. The Labute approximate surface area is 65.7 Å². The van der Waals surface area contributed by atoms with E-state index in [1.807, 2.05) is 0 Å². The lowest BCUT2D eigenvalue weighted by Crippen LogP contribution is -2.03. The van der Waals surface area contributed by atoms with Crippen LogP contribution in [0, 0.1) is 0 Å². The number of allylic oxidation sites excluding steroid dienone is 1. The Morgan fingerprint density at radius 3 is 3.09 bits per heavy atom. The van der Waals surface area contributed by atoms with Crippen molar-refractivity contribution in [3.63, 3.8) is 0 Å². The zero-order valence-electron chi connectivity index (χ0n) is 6.38. The first-order valence-corrected chi connectivity index (χ1v) is 3.81. The smallest absolute Gasteiger partial charge is 0.197 e. The molecule has 0 unspecified atom stereocenters. The van der Waals surface area contributed by atoms with E-state index in [4.69, 9.17) is 9.84 Å². The molecule has 1 aliphatic heterocycles. The highest BCUT2D eigenvalue weighted by molar-refractivity contribution is 5.93. The minimum atomic E-state index is 0.0107. The van der Waals surface area contributed by atoms with E-state index in [2.05, 4.69) is 0 Å². The summed E-state index contributed by atoms with van der Waals surface area (Å²) in [6.45, 7) is 0.694. The number of carbonyl (C=O) groups is 1. The zero-order chi connectivity index (χ0) is 8.10. The molecule has 0 aromatic rings. The zero-order valence-corrected chi connectivity index (χ0v) is 6.38. The molecular formula is C8H12O3. The summed E-state index contributed by atoms with van der Waals surface area (Å²) in [6.07, 6.45) is 3.56. The van der Waals surface area contributed by atoms with E-state index < -0.39 is 0 Å². The highest BCUT2D eigenvalue weighted by Crippen LogP contribution is 2.12. The van der Waals surface area contributed by atoms with Crippen LogP contribution in [0.5, 0.6) is 0 Å². The Morgan fingerprint density at radius 1 is 1.73 bits per heavy atom. The molecule has 1 aliphatic rings. The second kappa shape index (κ2) is 4.13. The van der Waals surface area contributed by atoms with Crippen molar-refractivity contribution in [2.75, 3.05) is 13.2 Å². The van der Waals surface area contributed by atoms with Crippen LogP contribution >= 0.6 is 0 Å². The first-order chi connectivity index (χ1) is 5.34. The molecule has 0 saturated carbocycles. The first-order valence-electron chi connectivity index (χ1n) is 3.81. The monoisotopic (exact) mass is 156 g/mol. The second-order valence-corrected chi connectivity index (χ2v) is 2.46. The van der Waals surface area contributed by atoms with Gasteiger partial charge in [0.2, 0.25) is 0 Å². The summed E-state index contributed by atoms with van der Waals surface area (Å²) in [5.41, 5.74) is 0. The molecule has 62 valence electrons. The van der Waals surface area contributed by atoms with Crippen LogP contribution in [0.3, 0.4) is 0 Å². The van der Waals surface area contributed by atoms with Crippen molar-refractivity contribution in [1.29, 1.82) is 0 Å². The van der Waals surface area contributed by atoms with Gasteiger partial charge in [0, 0.05) is 19.4 Å². The molecule has 0 fully saturated rings. The topological polar surface area (TPSA) is 46.5 Å². The van der Waals surface area contributed by atoms with Gasteiger partial charge < -0.3 is 9.84 Å². The van der Waals surface area contributed by atoms with Crippen molar-refractivity contribution >= 4 is 5.78 Å². The molecule has 0 saturated heterocycles. The van der Waals surface area contributed by atoms with Crippen LogP contribution in [0.1, 0.15) is 19.3 Å². The molecular weight excluding hydrogens is 144 g/mol. The van der Waals surface area contributed by atoms with Crippen LogP contribution in [0.2, 0.25) is 0 Å². The van der Waals surface area contributed by atoms with Crippen LogP contribution in [0.4, 0.5) is 0 Å². The van der Waals surface area contributed by atoms with E-state index in [1.165, 1.54) is 0 Å². The third kappa shape index (κ3) is 2.35. The molecule has 11 heavy (non-hydrogen) atoms. The van der Waals surface area contributed by atoms with Crippen LogP contribution in [-0.2, 0) is 9.53 Å². The van der Waals surface area contributed by atoms with Gasteiger partial charge in [0.25, 0.3) is 0 Å². The van der Waals surface area contributed by atoms with Gasteiger partial charge in [-0.05, 0) is 12.5 Å². The molecule has 1 N–H and O–H groups in total. The quantitative estimate of drug-likeness (QED) is 0.649. The molecule has 0 bridgehead atoms. The van der Waals surface area contributed by atoms with E-state index in [0.717, 1.165) is 6.42 Å². The molecule has 0 aromatic carbocycles. The van der Waals surface area contributed by atoms with Crippen LogP contribution < -0.4 is 0 Å². The lowest BCUT2D eigenvalue weighted by atomic mass is 10.2. The predicted molar refractivity (Wildman–Crippen MR) is 40.0 cm³/mol. The first kappa shape index (κ1) is 8.27. The summed E-state index contributed by atoms with van der Waals surface area (Å²) in [6, 6.07) is 0. The van der Waals surface area contributed by atoms with Gasteiger partial charge in [-0.2, -0.15) is 0 Å². The molecule has 1 rings (SSSR count). The van der Waals surface area contributed by atoms with Crippen molar-refractivity contribution in [3.8, 4) is 0 Å². The molecule has 0 aromatic heterocycles. The Morgan fingerprint density at radius 2 is 2.55 bits per heavy atom. The van der Waals surface area contributed by atoms with Gasteiger partial charge in [0.05, 0.1) is 6.61 Å². The molecule has 0 spiro atoms. The summed E-state index contributed by atoms with van der Waals surface area (Å²) < 4.78 is 5.04. The molecule has 3 heteroatoms. The normalized spacial score (nSPS) is 15.9. The van der Waals surface area contributed by atoms with Gasteiger partial charge in [0.1, 0.15) is 0 Å². The number of hydrogen-bond donors (Lipinski definition) is 1. The Bertz CT molecular complexity index is 172. The van der Waals surface area contributed by atoms with E-state index in [0.29, 0.717) is 25.2 Å². The van der Waals surface area contributed by atoms with E-state index >= 15 is 0 Å². The maximum Gasteiger partial charge on any atom is 0.197 e. The number of Topliss-reactive ketones (excluding diaryl/α,β-unsaturated/α-hetero) is 1. The summed E-state index contributed by atoms with van der Waals surface area (Å²) in [7, 11) is 0. The highest BCUT2D eigenvalue weighted by Gasteiger charge is 2.13. The predicted octanol–water partition coefficient (Wildman–Crippen LogP) is 0.632. The minimum Gasteiger partial charge on any atom is -0.490 e. The van der Waals surface area contributed by atoms with Gasteiger partial charge in [-0.25, -0.2) is 0 Å². The molecule has 0 amide bonds. The molecule has 0 atom stereocenters. The standard InChI is InChI=1S/C8H12O3/c9-5-1-3-7(10)8-4-2-6-11-8/h4,9H,1-3,5-6H2. The van der Waals surface area contributed by atoms with E-state index in [1.54, 1.807) is 6.08 Å². The molecule has 1 heterocycles. The number of aliphatic hydroxyl groups excluding tert-OH is 1. The Kier molecular flexibility index (Phi) is 3.11. The maximum atomic E-state index is 11.1. The van der Waals surface area contributed by atoms with Gasteiger partial charge >= 0.3 is 0 Å². The number of rotatable bonds is 4. The Hall–Kier alpha value is -0.830. The van der Waals surface area contributed by atoms with Crippen molar-refractivity contribution < 1.29 is 14.6 Å². The molecule has 0 radical (unpaired) electrons. The summed E-state index contributed by atoms with van der Waals surface area (Å²) in [5.74, 6) is 0.495. The number of hydrogen-bond acceptors (Lipinski definition) is 3. The van der Waals surface area contributed by atoms with Crippen LogP contribution in [0.15, 0.2) is 11.8 Å². The molecule has 3 nitrogen and oxygen atoms in total. The van der Waals surface area contributed by atoms with Crippen molar-refractivity contribution in [1.82, 2.24) is 0 Å². The largest absolute Gasteiger partial charge is 0.490 e. The van der Waals surface area contributed by atoms with Crippen molar-refractivity contribution in [3.05, 3.63) is 11.8 Å². The average Bonchev–Trinajstić information content (AvgIpc) is 2.52. The number of aliphatic hydroxyl groups is 1. The SMILES string of the molecule is O=C(CCCO)C1=CCCO1.